The zero-order valence-electron chi connectivity index (χ0n) is 11.7. The number of aryl methyl sites for hydroxylation is 1. The van der Waals surface area contributed by atoms with Crippen molar-refractivity contribution in [2.24, 2.45) is 5.73 Å². The van der Waals surface area contributed by atoms with Crippen molar-refractivity contribution in [3.63, 3.8) is 0 Å². The lowest BCUT2D eigenvalue weighted by Crippen LogP contribution is -2.40. The molecule has 1 amide bonds. The molecule has 0 aromatic heterocycles. The van der Waals surface area contributed by atoms with E-state index >= 15 is 0 Å². The van der Waals surface area contributed by atoms with Gasteiger partial charge in [0.15, 0.2) is 0 Å². The van der Waals surface area contributed by atoms with Crippen LogP contribution in [0.1, 0.15) is 36.4 Å². The molecule has 1 atom stereocenters. The van der Waals surface area contributed by atoms with Crippen molar-refractivity contribution in [3.05, 3.63) is 29.3 Å². The number of carbonyl (C=O) groups excluding carboxylic acids is 1. The normalized spacial score (nSPS) is 17.4. The number of methoxy groups -OCH3 is 1. The molecule has 1 heterocycles. The highest BCUT2D eigenvalue weighted by molar-refractivity contribution is 5.76. The Morgan fingerprint density at radius 1 is 1.42 bits per heavy atom. The van der Waals surface area contributed by atoms with Gasteiger partial charge in [-0.05, 0) is 25.8 Å². The van der Waals surface area contributed by atoms with Crippen molar-refractivity contribution < 1.29 is 9.53 Å². The Hall–Kier alpha value is -1.55. The van der Waals surface area contributed by atoms with Crippen LogP contribution in [0.5, 0.6) is 5.75 Å². The van der Waals surface area contributed by atoms with Crippen molar-refractivity contribution in [1.82, 2.24) is 4.90 Å². The van der Waals surface area contributed by atoms with Gasteiger partial charge in [-0.15, -0.1) is 0 Å². The molecular weight excluding hydrogens is 240 g/mol. The van der Waals surface area contributed by atoms with Gasteiger partial charge in [0, 0.05) is 25.1 Å². The maximum atomic E-state index is 11.8. The van der Waals surface area contributed by atoms with Gasteiger partial charge in [0.25, 0.3) is 0 Å². The van der Waals surface area contributed by atoms with E-state index in [9.17, 15) is 4.79 Å². The van der Waals surface area contributed by atoms with Crippen molar-refractivity contribution in [1.29, 1.82) is 0 Å². The van der Waals surface area contributed by atoms with Gasteiger partial charge in [-0.1, -0.05) is 17.7 Å². The molecule has 1 fully saturated rings. The van der Waals surface area contributed by atoms with E-state index in [0.29, 0.717) is 13.0 Å². The summed E-state index contributed by atoms with van der Waals surface area (Å²) in [7, 11) is 1.65. The molecule has 1 unspecified atom stereocenters. The lowest BCUT2D eigenvalue weighted by molar-refractivity contribution is -0.133. The number of rotatable bonds is 4. The van der Waals surface area contributed by atoms with E-state index in [2.05, 4.69) is 0 Å². The number of ether oxygens (including phenoxy) is 1. The second-order valence-electron chi connectivity index (χ2n) is 5.15. The summed E-state index contributed by atoms with van der Waals surface area (Å²) in [6.45, 7) is 3.42. The Balaban J connectivity index is 2.12. The fourth-order valence-corrected chi connectivity index (χ4v) is 2.53. The number of hydrogen-bond acceptors (Lipinski definition) is 3. The van der Waals surface area contributed by atoms with Crippen LogP contribution in [0.4, 0.5) is 0 Å². The first-order chi connectivity index (χ1) is 9.11. The van der Waals surface area contributed by atoms with E-state index in [4.69, 9.17) is 10.5 Å². The number of likely N-dealkylation sites (tertiary alicyclic amines) is 1. The molecular formula is C15H22N2O2. The molecule has 0 aliphatic carbocycles. The van der Waals surface area contributed by atoms with Crippen LogP contribution in [0.3, 0.4) is 0 Å². The summed E-state index contributed by atoms with van der Waals surface area (Å²) < 4.78 is 5.35. The molecule has 2 rings (SSSR count). The predicted octanol–water partition coefficient (Wildman–Crippen LogP) is 2.02. The topological polar surface area (TPSA) is 55.6 Å². The number of nitrogens with two attached hydrogens (primary N) is 1. The van der Waals surface area contributed by atoms with Crippen molar-refractivity contribution in [3.8, 4) is 5.75 Å². The van der Waals surface area contributed by atoms with E-state index in [1.165, 1.54) is 0 Å². The lowest BCUT2D eigenvalue weighted by Gasteiger charge is -2.29. The molecule has 4 heteroatoms. The number of benzene rings is 1. The summed E-state index contributed by atoms with van der Waals surface area (Å²) in [5.41, 5.74) is 8.38. The minimum Gasteiger partial charge on any atom is -0.496 e. The van der Waals surface area contributed by atoms with Crippen LogP contribution in [0.25, 0.3) is 0 Å². The Kier molecular flexibility index (Phi) is 4.43. The predicted molar refractivity (Wildman–Crippen MR) is 75.1 cm³/mol. The van der Waals surface area contributed by atoms with Crippen LogP contribution < -0.4 is 10.5 Å². The van der Waals surface area contributed by atoms with Gasteiger partial charge in [0.1, 0.15) is 5.75 Å². The molecule has 19 heavy (non-hydrogen) atoms. The van der Waals surface area contributed by atoms with Crippen LogP contribution in [-0.4, -0.2) is 31.0 Å². The van der Waals surface area contributed by atoms with Gasteiger partial charge < -0.3 is 15.4 Å². The van der Waals surface area contributed by atoms with E-state index in [0.717, 1.165) is 36.3 Å². The molecule has 1 aromatic carbocycles. The zero-order valence-corrected chi connectivity index (χ0v) is 11.7. The van der Waals surface area contributed by atoms with Crippen LogP contribution in [-0.2, 0) is 4.79 Å². The van der Waals surface area contributed by atoms with Crippen molar-refractivity contribution >= 4 is 5.91 Å². The average Bonchev–Trinajstić information content (AvgIpc) is 2.41. The minimum absolute atomic E-state index is 0.197. The van der Waals surface area contributed by atoms with Gasteiger partial charge in [-0.3, -0.25) is 4.79 Å². The summed E-state index contributed by atoms with van der Waals surface area (Å²) in [6.07, 6.45) is 2.72. The van der Waals surface area contributed by atoms with Gasteiger partial charge in [-0.25, -0.2) is 0 Å². The number of carbonyl (C=O) groups is 1. The third-order valence-electron chi connectivity index (χ3n) is 3.62. The van der Waals surface area contributed by atoms with Crippen LogP contribution in [0.2, 0.25) is 0 Å². The fraction of sp³-hybridized carbons (Fsp3) is 0.533. The number of piperidine rings is 1. The molecule has 1 aliphatic heterocycles. The number of hydrogen-bond donors (Lipinski definition) is 1. The fourth-order valence-electron chi connectivity index (χ4n) is 2.53. The number of amides is 1. The third kappa shape index (κ3) is 3.26. The molecule has 1 aliphatic rings. The number of nitrogens with zero attached hydrogens (tertiary/aromatic N) is 1. The van der Waals surface area contributed by atoms with Crippen molar-refractivity contribution in [2.75, 3.05) is 20.2 Å². The average molecular weight is 262 g/mol. The summed E-state index contributed by atoms with van der Waals surface area (Å²) in [5, 5.41) is 0. The first-order valence-corrected chi connectivity index (χ1v) is 6.79. The quantitative estimate of drug-likeness (QED) is 0.903. The Bertz CT molecular complexity index is 459. The molecule has 104 valence electrons. The lowest BCUT2D eigenvalue weighted by atomic mass is 10.0. The van der Waals surface area contributed by atoms with Crippen LogP contribution in [0, 0.1) is 6.92 Å². The minimum atomic E-state index is -0.197. The Morgan fingerprint density at radius 2 is 2.21 bits per heavy atom. The standard InChI is InChI=1S/C15H22N2O2/c1-11-6-7-14(19-2)12(9-11)13(16)10-17-8-4-3-5-15(17)18/h6-7,9,13H,3-5,8,10,16H2,1-2H3. The summed E-state index contributed by atoms with van der Waals surface area (Å²) in [4.78, 5) is 13.7. The molecule has 2 N–H and O–H groups in total. The summed E-state index contributed by atoms with van der Waals surface area (Å²) >= 11 is 0. The summed E-state index contributed by atoms with van der Waals surface area (Å²) in [6, 6.07) is 5.78. The molecule has 4 nitrogen and oxygen atoms in total. The summed E-state index contributed by atoms with van der Waals surface area (Å²) in [5.74, 6) is 1.01. The van der Waals surface area contributed by atoms with E-state index in [1.54, 1.807) is 7.11 Å². The maximum absolute atomic E-state index is 11.8. The van der Waals surface area contributed by atoms with Gasteiger partial charge in [0.2, 0.25) is 5.91 Å². The molecule has 1 saturated heterocycles. The highest BCUT2D eigenvalue weighted by atomic mass is 16.5. The maximum Gasteiger partial charge on any atom is 0.222 e. The van der Waals surface area contributed by atoms with Crippen molar-refractivity contribution in [2.45, 2.75) is 32.2 Å². The van der Waals surface area contributed by atoms with Gasteiger partial charge in [0.05, 0.1) is 13.2 Å². The smallest absolute Gasteiger partial charge is 0.222 e. The Morgan fingerprint density at radius 3 is 2.89 bits per heavy atom. The van der Waals surface area contributed by atoms with E-state index in [-0.39, 0.29) is 11.9 Å². The van der Waals surface area contributed by atoms with Crippen LogP contribution >= 0.6 is 0 Å². The van der Waals surface area contributed by atoms with Gasteiger partial charge >= 0.3 is 0 Å². The molecule has 0 bridgehead atoms. The van der Waals surface area contributed by atoms with Crippen LogP contribution in [0.15, 0.2) is 18.2 Å². The van der Waals surface area contributed by atoms with E-state index in [1.807, 2.05) is 30.0 Å². The Labute approximate surface area is 114 Å². The molecule has 0 saturated carbocycles. The first kappa shape index (κ1) is 13.9. The molecule has 0 radical (unpaired) electrons. The monoisotopic (exact) mass is 262 g/mol. The largest absolute Gasteiger partial charge is 0.496 e. The van der Waals surface area contributed by atoms with Gasteiger partial charge in [-0.2, -0.15) is 0 Å². The van der Waals surface area contributed by atoms with E-state index < -0.39 is 0 Å². The first-order valence-electron chi connectivity index (χ1n) is 6.79. The highest BCUT2D eigenvalue weighted by Gasteiger charge is 2.22. The second kappa shape index (κ2) is 6.06. The SMILES string of the molecule is COc1ccc(C)cc1C(N)CN1CCCCC1=O. The third-order valence-corrected chi connectivity index (χ3v) is 3.62. The molecule has 1 aromatic rings. The highest BCUT2D eigenvalue weighted by Crippen LogP contribution is 2.26. The zero-order chi connectivity index (χ0) is 13.8. The second-order valence-corrected chi connectivity index (χ2v) is 5.15. The molecule has 0 spiro atoms.